The van der Waals surface area contributed by atoms with Gasteiger partial charge in [0.05, 0.1) is 22.2 Å². The number of para-hydroxylation sites is 2. The van der Waals surface area contributed by atoms with Crippen molar-refractivity contribution < 1.29 is 0 Å². The second-order valence-corrected chi connectivity index (χ2v) is 22.3. The van der Waals surface area contributed by atoms with E-state index in [2.05, 4.69) is 282 Å². The second-order valence-electron chi connectivity index (χ2n) is 22.3. The van der Waals surface area contributed by atoms with Crippen molar-refractivity contribution in [1.82, 2.24) is 4.40 Å². The molecule has 0 saturated carbocycles. The topological polar surface area (TPSA) is 10.9 Å². The average molecular weight is 944 g/mol. The Labute approximate surface area is 429 Å². The monoisotopic (exact) mass is 943 g/mol. The molecule has 0 radical (unpaired) electrons. The summed E-state index contributed by atoms with van der Waals surface area (Å²) in [5.74, 6) is 0.912. The molecule has 73 heavy (non-hydrogen) atoms. The maximum atomic E-state index is 2.58. The molecule has 13 rings (SSSR count). The normalized spacial score (nSPS) is 14.6. The smallest absolute Gasteiger partial charge is 0.0641 e. The van der Waals surface area contributed by atoms with Crippen LogP contribution in [0.1, 0.15) is 101 Å². The first-order chi connectivity index (χ1) is 35.4. The van der Waals surface area contributed by atoms with E-state index in [4.69, 9.17) is 0 Å². The quantitative estimate of drug-likeness (QED) is 0.143. The summed E-state index contributed by atoms with van der Waals surface area (Å²) < 4.78 is 2.58. The number of aromatic nitrogens is 1. The molecule has 2 aromatic heterocycles. The molecule has 10 aromatic carbocycles. The van der Waals surface area contributed by atoms with E-state index < -0.39 is 5.41 Å². The standard InChI is InChI=1S/C70H61N3/c1-44(2)46-24-29-54(30-25-46)71(52-20-14-10-15-21-52)56-33-34-57-59-38-48-39-60-58-35-37-65(72(53-22-16-11-17-23-53)55-31-26-47(27-32-55)45(3)4)67-61-42-51(69(5,6)7)28-36-64(61)73(68(58)67)66(60)41-49(48)40-62(59)70(8,63(57)43-56)50-18-12-9-13-19-50/h9-45H,1-8H3. The summed E-state index contributed by atoms with van der Waals surface area (Å²) in [4.78, 5) is 4.88. The lowest BCUT2D eigenvalue weighted by Gasteiger charge is -2.31. The molecule has 0 aliphatic heterocycles. The highest BCUT2D eigenvalue weighted by molar-refractivity contribution is 6.28. The fourth-order valence-corrected chi connectivity index (χ4v) is 12.2. The van der Waals surface area contributed by atoms with Gasteiger partial charge in [-0.25, -0.2) is 0 Å². The molecule has 0 N–H and O–H groups in total. The van der Waals surface area contributed by atoms with Crippen molar-refractivity contribution in [2.75, 3.05) is 9.80 Å². The minimum absolute atomic E-state index is 0.0204. The first-order valence-corrected chi connectivity index (χ1v) is 26.2. The Bertz CT molecular complexity index is 4050. The molecule has 1 aliphatic carbocycles. The lowest BCUT2D eigenvalue weighted by atomic mass is 9.74. The van der Waals surface area contributed by atoms with Crippen molar-refractivity contribution in [3.05, 3.63) is 246 Å². The maximum absolute atomic E-state index is 2.58. The van der Waals surface area contributed by atoms with E-state index >= 15 is 0 Å². The first kappa shape index (κ1) is 44.8. The molecule has 0 fully saturated rings. The van der Waals surface area contributed by atoms with Crippen LogP contribution in [0.15, 0.2) is 212 Å². The molecular formula is C70H61N3. The average Bonchev–Trinajstić information content (AvgIpc) is 4.02. The molecule has 0 spiro atoms. The Kier molecular flexibility index (Phi) is 10.3. The minimum Gasteiger partial charge on any atom is -0.310 e. The van der Waals surface area contributed by atoms with Gasteiger partial charge in [0.1, 0.15) is 0 Å². The van der Waals surface area contributed by atoms with Crippen LogP contribution in [0.4, 0.5) is 34.1 Å². The van der Waals surface area contributed by atoms with Crippen LogP contribution in [0.25, 0.3) is 60.0 Å². The fourth-order valence-electron chi connectivity index (χ4n) is 12.2. The number of rotatable bonds is 9. The summed E-state index contributed by atoms with van der Waals surface area (Å²) in [6, 6.07) is 80.3. The number of nitrogens with zero attached hydrogens (tertiary/aromatic N) is 3. The zero-order chi connectivity index (χ0) is 49.9. The van der Waals surface area contributed by atoms with Gasteiger partial charge in [-0.05, 0) is 183 Å². The Morgan fingerprint density at radius 1 is 0.425 bits per heavy atom. The molecule has 0 amide bonds. The Morgan fingerprint density at radius 2 is 0.973 bits per heavy atom. The van der Waals surface area contributed by atoms with Gasteiger partial charge in [-0.3, -0.25) is 0 Å². The summed E-state index contributed by atoms with van der Waals surface area (Å²) in [7, 11) is 0. The van der Waals surface area contributed by atoms with Crippen LogP contribution in [0.2, 0.25) is 0 Å². The van der Waals surface area contributed by atoms with Gasteiger partial charge in [-0.1, -0.05) is 158 Å². The number of hydrogen-bond donors (Lipinski definition) is 0. The third kappa shape index (κ3) is 7.00. The molecule has 0 bridgehead atoms. The van der Waals surface area contributed by atoms with Gasteiger partial charge in [-0.2, -0.15) is 0 Å². The maximum Gasteiger partial charge on any atom is 0.0641 e. The lowest BCUT2D eigenvalue weighted by Crippen LogP contribution is -2.23. The van der Waals surface area contributed by atoms with Gasteiger partial charge in [0.15, 0.2) is 0 Å². The Balaban J connectivity index is 1.04. The van der Waals surface area contributed by atoms with Crippen molar-refractivity contribution >= 4 is 83.0 Å². The number of fused-ring (bicyclic) bond motifs is 10. The van der Waals surface area contributed by atoms with Crippen LogP contribution in [0.3, 0.4) is 0 Å². The van der Waals surface area contributed by atoms with E-state index in [0.717, 1.165) is 28.4 Å². The zero-order valence-corrected chi connectivity index (χ0v) is 43.2. The van der Waals surface area contributed by atoms with Crippen molar-refractivity contribution in [3.8, 4) is 11.1 Å². The molecule has 3 heteroatoms. The summed E-state index contributed by atoms with van der Waals surface area (Å²) in [5, 5.41) is 7.60. The van der Waals surface area contributed by atoms with Gasteiger partial charge in [0, 0.05) is 55.4 Å². The van der Waals surface area contributed by atoms with Crippen LogP contribution in [0.5, 0.6) is 0 Å². The van der Waals surface area contributed by atoms with Crippen molar-refractivity contribution in [2.45, 2.75) is 78.1 Å². The molecule has 1 aliphatic rings. The van der Waals surface area contributed by atoms with E-state index in [1.54, 1.807) is 0 Å². The second kappa shape index (κ2) is 16.7. The summed E-state index contributed by atoms with van der Waals surface area (Å²) >= 11 is 0. The zero-order valence-electron chi connectivity index (χ0n) is 43.2. The van der Waals surface area contributed by atoms with E-state index in [0.29, 0.717) is 11.8 Å². The first-order valence-electron chi connectivity index (χ1n) is 26.2. The third-order valence-corrected chi connectivity index (χ3v) is 16.3. The van der Waals surface area contributed by atoms with E-state index in [9.17, 15) is 0 Å². The van der Waals surface area contributed by atoms with Gasteiger partial charge in [0.25, 0.3) is 0 Å². The van der Waals surface area contributed by atoms with E-state index in [-0.39, 0.29) is 5.41 Å². The molecule has 1 atom stereocenters. The Hall–Kier alpha value is -8.14. The predicted molar refractivity (Wildman–Crippen MR) is 312 cm³/mol. The molecule has 0 saturated heterocycles. The number of benzene rings is 10. The summed E-state index contributed by atoms with van der Waals surface area (Å²) in [6.45, 7) is 18.5. The lowest BCUT2D eigenvalue weighted by molar-refractivity contribution is 0.591. The van der Waals surface area contributed by atoms with Crippen molar-refractivity contribution in [2.24, 2.45) is 0 Å². The van der Waals surface area contributed by atoms with Crippen LogP contribution >= 0.6 is 0 Å². The SMILES string of the molecule is CC(C)c1ccc(N(c2ccccc2)c2ccc3c(c2)C(C)(c2ccccc2)c2cc4cc5c(cc4cc2-3)c2ccc(N(c3ccccc3)c3ccc(C(C)C)cc3)c3c4cc(C(C)(C)C)ccc4n5c23)cc1. The van der Waals surface area contributed by atoms with E-state index in [1.165, 1.54) is 99.1 Å². The van der Waals surface area contributed by atoms with Crippen LogP contribution < -0.4 is 9.80 Å². The highest BCUT2D eigenvalue weighted by Crippen LogP contribution is 2.56. The van der Waals surface area contributed by atoms with Crippen molar-refractivity contribution in [1.29, 1.82) is 0 Å². The number of anilines is 6. The highest BCUT2D eigenvalue weighted by atomic mass is 15.2. The van der Waals surface area contributed by atoms with Crippen LogP contribution in [0, 0.1) is 0 Å². The molecule has 2 heterocycles. The van der Waals surface area contributed by atoms with Gasteiger partial charge < -0.3 is 14.2 Å². The molecule has 3 nitrogen and oxygen atoms in total. The van der Waals surface area contributed by atoms with Crippen molar-refractivity contribution in [3.63, 3.8) is 0 Å². The van der Waals surface area contributed by atoms with E-state index in [1.807, 2.05) is 0 Å². The van der Waals surface area contributed by atoms with Gasteiger partial charge in [0.2, 0.25) is 0 Å². The Morgan fingerprint density at radius 3 is 1.59 bits per heavy atom. The van der Waals surface area contributed by atoms with Gasteiger partial charge in [-0.15, -0.1) is 0 Å². The summed E-state index contributed by atoms with van der Waals surface area (Å²) in [6.07, 6.45) is 0. The molecule has 12 aromatic rings. The third-order valence-electron chi connectivity index (χ3n) is 16.3. The van der Waals surface area contributed by atoms with Crippen LogP contribution in [-0.4, -0.2) is 4.40 Å². The molecule has 356 valence electrons. The predicted octanol–water partition coefficient (Wildman–Crippen LogP) is 19.8. The largest absolute Gasteiger partial charge is 0.310 e. The molecule has 1 unspecified atom stereocenters. The molecular weight excluding hydrogens is 883 g/mol. The summed E-state index contributed by atoms with van der Waals surface area (Å²) in [5.41, 5.74) is 20.7. The van der Waals surface area contributed by atoms with Crippen LogP contribution in [-0.2, 0) is 10.8 Å². The minimum atomic E-state index is -0.415. The number of hydrogen-bond acceptors (Lipinski definition) is 2. The van der Waals surface area contributed by atoms with Gasteiger partial charge >= 0.3 is 0 Å². The highest BCUT2D eigenvalue weighted by Gasteiger charge is 2.42. The fraction of sp³-hybridized carbons (Fsp3) is 0.171.